The maximum absolute atomic E-state index is 8.55. The smallest absolute Gasteiger partial charge is 0.137 e. The van der Waals surface area contributed by atoms with Crippen LogP contribution in [0.4, 0.5) is 0 Å². The summed E-state index contributed by atoms with van der Waals surface area (Å²) in [4.78, 5) is 9.77. The monoisotopic (exact) mass is 433 g/mol. The summed E-state index contributed by atoms with van der Waals surface area (Å²) in [6.45, 7) is 1.34. The van der Waals surface area contributed by atoms with Gasteiger partial charge in [-0.2, -0.15) is 10.3 Å². The lowest BCUT2D eigenvalue weighted by atomic mass is 10.2. The maximum Gasteiger partial charge on any atom is 0.137 e. The van der Waals surface area contributed by atoms with Crippen LogP contribution in [0, 0.1) is 11.3 Å². The molecule has 1 aliphatic heterocycles. The minimum atomic E-state index is -0.101. The Labute approximate surface area is 171 Å². The highest BCUT2D eigenvalue weighted by Gasteiger charge is 2.35. The Hall–Kier alpha value is -1.07. The second-order valence-corrected chi connectivity index (χ2v) is 6.99. The van der Waals surface area contributed by atoms with Crippen molar-refractivity contribution in [1.82, 2.24) is 5.06 Å². The van der Waals surface area contributed by atoms with E-state index >= 15 is 0 Å². The van der Waals surface area contributed by atoms with Crippen molar-refractivity contribution in [2.45, 2.75) is 19.3 Å². The molecule has 0 aromatic heterocycles. The van der Waals surface area contributed by atoms with Gasteiger partial charge in [0.05, 0.1) is 25.8 Å². The maximum atomic E-state index is 8.55. The fourth-order valence-corrected chi connectivity index (χ4v) is 2.82. The zero-order chi connectivity index (χ0) is 19.1. The summed E-state index contributed by atoms with van der Waals surface area (Å²) >= 11 is 23.2. The number of rotatable bonds is 5. The Bertz CT molecular complexity index is 798. The fourth-order valence-electron chi connectivity index (χ4n) is 1.89. The summed E-state index contributed by atoms with van der Waals surface area (Å²) in [5, 5.41) is 12.5. The van der Waals surface area contributed by atoms with Crippen molar-refractivity contribution in [3.05, 3.63) is 67.6 Å². The molecule has 0 saturated carbocycles. The summed E-state index contributed by atoms with van der Waals surface area (Å²) < 4.78 is 0. The van der Waals surface area contributed by atoms with Crippen LogP contribution in [0.2, 0.25) is 20.1 Å². The first-order valence-corrected chi connectivity index (χ1v) is 8.94. The first-order valence-electron chi connectivity index (χ1n) is 7.43. The van der Waals surface area contributed by atoms with Gasteiger partial charge in [0.1, 0.15) is 6.04 Å². The molecule has 2 aromatic carbocycles. The largest absolute Gasteiger partial charge is 0.300 e. The summed E-state index contributed by atoms with van der Waals surface area (Å²) in [5.74, 6) is 4.88. The van der Waals surface area contributed by atoms with Crippen LogP contribution in [-0.4, -0.2) is 17.6 Å². The van der Waals surface area contributed by atoms with Crippen LogP contribution in [0.3, 0.4) is 0 Å². The van der Waals surface area contributed by atoms with Crippen molar-refractivity contribution in [1.29, 1.82) is 5.26 Å². The molecule has 0 amide bonds. The first-order chi connectivity index (χ1) is 12.4. The molecule has 2 N–H and O–H groups in total. The fraction of sp³-hybridized carbons (Fsp3) is 0.235. The number of nitrogens with two attached hydrogens (primary N) is 1. The van der Waals surface area contributed by atoms with Crippen molar-refractivity contribution in [3.8, 4) is 6.07 Å². The molecule has 0 radical (unpaired) electrons. The van der Waals surface area contributed by atoms with E-state index in [1.54, 1.807) is 35.4 Å². The number of nitriles is 1. The van der Waals surface area contributed by atoms with Crippen molar-refractivity contribution in [2.24, 2.45) is 5.90 Å². The Morgan fingerprint density at radius 3 is 1.96 bits per heavy atom. The van der Waals surface area contributed by atoms with Crippen LogP contribution in [-0.2, 0) is 22.9 Å². The predicted octanol–water partition coefficient (Wildman–Crippen LogP) is 5.02. The third kappa shape index (κ3) is 6.58. The summed E-state index contributed by atoms with van der Waals surface area (Å²) in [5.41, 5.74) is 1.70. The molecular weight excluding hydrogens is 420 g/mol. The van der Waals surface area contributed by atoms with Gasteiger partial charge in [0.2, 0.25) is 0 Å². The van der Waals surface area contributed by atoms with Crippen molar-refractivity contribution in [2.75, 3.05) is 6.54 Å². The molecule has 1 saturated heterocycles. The molecule has 0 bridgehead atoms. The van der Waals surface area contributed by atoms with E-state index in [1.165, 1.54) is 0 Å². The van der Waals surface area contributed by atoms with E-state index in [9.17, 15) is 0 Å². The third-order valence-corrected chi connectivity index (χ3v) is 4.54. The molecule has 1 fully saturated rings. The number of hydroxylamine groups is 2. The Morgan fingerprint density at radius 2 is 1.54 bits per heavy atom. The van der Waals surface area contributed by atoms with E-state index in [4.69, 9.17) is 62.4 Å². The molecule has 138 valence electrons. The minimum Gasteiger partial charge on any atom is -0.300 e. The molecule has 1 heterocycles. The van der Waals surface area contributed by atoms with Gasteiger partial charge in [-0.25, -0.2) is 5.90 Å². The van der Waals surface area contributed by atoms with Crippen molar-refractivity contribution in [3.63, 3.8) is 0 Å². The molecule has 9 heteroatoms. The quantitative estimate of drug-likeness (QED) is 0.528. The lowest BCUT2D eigenvalue weighted by Gasteiger charge is -2.05. The van der Waals surface area contributed by atoms with E-state index in [1.807, 2.05) is 6.07 Å². The summed E-state index contributed by atoms with van der Waals surface area (Å²) in [7, 11) is 0. The molecule has 26 heavy (non-hydrogen) atoms. The van der Waals surface area contributed by atoms with Gasteiger partial charge >= 0.3 is 0 Å². The van der Waals surface area contributed by atoms with Crippen LogP contribution >= 0.6 is 46.4 Å². The molecular formula is C17H15Cl4N3O2. The van der Waals surface area contributed by atoms with Gasteiger partial charge in [-0.15, -0.1) is 0 Å². The van der Waals surface area contributed by atoms with Crippen LogP contribution in [0.25, 0.3) is 0 Å². The van der Waals surface area contributed by atoms with Gasteiger partial charge in [0.15, 0.2) is 0 Å². The molecule has 2 atom stereocenters. The van der Waals surface area contributed by atoms with Crippen LogP contribution in [0.5, 0.6) is 0 Å². The van der Waals surface area contributed by atoms with E-state index in [-0.39, 0.29) is 6.04 Å². The molecule has 0 spiro atoms. The molecule has 2 aromatic rings. The number of benzene rings is 2. The highest BCUT2D eigenvalue weighted by molar-refractivity contribution is 6.35. The Balaban J connectivity index is 0.000000197. The minimum absolute atomic E-state index is 0.101. The second-order valence-electron chi connectivity index (χ2n) is 5.30. The normalized spacial score (nSPS) is 17.8. The lowest BCUT2D eigenvalue weighted by molar-refractivity contribution is -0.0826. The van der Waals surface area contributed by atoms with Gasteiger partial charge in [0, 0.05) is 20.1 Å². The van der Waals surface area contributed by atoms with Gasteiger partial charge in [-0.1, -0.05) is 58.5 Å². The first kappa shape index (κ1) is 21.2. The zero-order valence-corrected chi connectivity index (χ0v) is 16.5. The number of nitrogens with zero attached hydrogens (tertiary/aromatic N) is 2. The van der Waals surface area contributed by atoms with Gasteiger partial charge in [0.25, 0.3) is 0 Å². The van der Waals surface area contributed by atoms with Crippen LogP contribution in [0.1, 0.15) is 11.1 Å². The Morgan fingerprint density at radius 1 is 1.00 bits per heavy atom. The van der Waals surface area contributed by atoms with E-state index in [0.29, 0.717) is 39.8 Å². The van der Waals surface area contributed by atoms with Gasteiger partial charge in [-0.05, 0) is 35.4 Å². The molecule has 0 aliphatic carbocycles. The number of hydrogen-bond acceptors (Lipinski definition) is 5. The molecule has 2 unspecified atom stereocenters. The van der Waals surface area contributed by atoms with E-state index < -0.39 is 0 Å². The average molecular weight is 435 g/mol. The Kier molecular flexibility index (Phi) is 8.42. The summed E-state index contributed by atoms with van der Waals surface area (Å²) in [6, 6.07) is 12.4. The van der Waals surface area contributed by atoms with E-state index in [0.717, 1.165) is 11.1 Å². The average Bonchev–Trinajstić information content (AvgIpc) is 3.36. The highest BCUT2D eigenvalue weighted by atomic mass is 35.5. The second kappa shape index (κ2) is 10.3. The van der Waals surface area contributed by atoms with Crippen molar-refractivity contribution < 1.29 is 9.68 Å². The zero-order valence-electron chi connectivity index (χ0n) is 13.5. The lowest BCUT2D eigenvalue weighted by Crippen LogP contribution is -2.02. The number of hydrogen-bond donors (Lipinski definition) is 1. The summed E-state index contributed by atoms with van der Waals surface area (Å²) in [6.07, 6.45) is 0. The third-order valence-electron chi connectivity index (χ3n) is 3.37. The predicted molar refractivity (Wildman–Crippen MR) is 103 cm³/mol. The highest BCUT2D eigenvalue weighted by Crippen LogP contribution is 2.24. The van der Waals surface area contributed by atoms with Crippen molar-refractivity contribution >= 4 is 46.4 Å². The molecule has 1 aliphatic rings. The van der Waals surface area contributed by atoms with E-state index in [2.05, 4.69) is 10.9 Å². The topological polar surface area (TPSA) is 71.3 Å². The van der Waals surface area contributed by atoms with Gasteiger partial charge in [-0.3, -0.25) is 9.68 Å². The van der Waals surface area contributed by atoms with Crippen LogP contribution < -0.4 is 5.90 Å². The molecule has 3 rings (SSSR count). The van der Waals surface area contributed by atoms with Crippen LogP contribution in [0.15, 0.2) is 36.4 Å². The molecule has 5 nitrogen and oxygen atoms in total. The number of halogens is 4. The van der Waals surface area contributed by atoms with Gasteiger partial charge < -0.3 is 0 Å². The standard InChI is InChI=1S/C10H8Cl2N2O.C7H7Cl2NO/c11-8-2-1-7(10(12)3-8)6-15-14-5-9(14)4-13;8-6-2-1-5(4-11-10)7(9)3-6/h1-3,9H,5-6H2;1-3H,4,10H2. The SMILES string of the molecule is N#CC1CN1OCc1ccc(Cl)cc1Cl.NOCc1ccc(Cl)cc1Cl.